The molecule has 0 bridgehead atoms. The van der Waals surface area contributed by atoms with Crippen LogP contribution in [0, 0.1) is 0 Å². The molecule has 1 atom stereocenters. The van der Waals surface area contributed by atoms with E-state index in [0.29, 0.717) is 0 Å². The number of hydrogen-bond acceptors (Lipinski definition) is 2. The third kappa shape index (κ3) is 13.1. The van der Waals surface area contributed by atoms with Gasteiger partial charge in [0.1, 0.15) is 0 Å². The number of rotatable bonds is 20. The lowest BCUT2D eigenvalue weighted by Gasteiger charge is -2.29. The molecule has 188 valence electrons. The molecule has 2 aromatic rings. The van der Waals surface area contributed by atoms with Gasteiger partial charge in [-0.15, -0.1) is 0 Å². The Balaban J connectivity index is 1.67. The summed E-state index contributed by atoms with van der Waals surface area (Å²) in [6.07, 6.45) is 22.3. The molecular weight excluding hydrogens is 414 g/mol. The molecule has 0 aliphatic carbocycles. The van der Waals surface area contributed by atoms with Crippen LogP contribution >= 0.6 is 0 Å². The molecule has 0 heterocycles. The number of aliphatic hydroxyl groups is 1. The zero-order valence-electron chi connectivity index (χ0n) is 21.7. The minimum atomic E-state index is 0.0396. The van der Waals surface area contributed by atoms with Crippen LogP contribution in [0.2, 0.25) is 0 Å². The first-order valence-electron chi connectivity index (χ1n) is 13.9. The van der Waals surface area contributed by atoms with Crippen molar-refractivity contribution in [2.75, 3.05) is 6.61 Å². The van der Waals surface area contributed by atoms with E-state index in [2.05, 4.69) is 84.6 Å². The lowest BCUT2D eigenvalue weighted by molar-refractivity contribution is 0.139. The molecule has 0 aromatic heterocycles. The molecule has 0 fully saturated rings. The van der Waals surface area contributed by atoms with Crippen LogP contribution in [0.3, 0.4) is 0 Å². The van der Waals surface area contributed by atoms with Gasteiger partial charge < -0.3 is 5.11 Å². The van der Waals surface area contributed by atoms with E-state index < -0.39 is 0 Å². The standard InChI is InChI=1S/C32H49NO/c1-2-3-4-5-6-7-8-9-10-11-12-13-14-21-26-32(29-34)33(27-30-22-17-15-18-23-30)28-31-24-19-16-20-25-31/h15-26,32,34H,2-14,27-29H2,1H3/b26-21-/t32-/m0/s1. The van der Waals surface area contributed by atoms with E-state index in [1.165, 1.54) is 88.2 Å². The summed E-state index contributed by atoms with van der Waals surface area (Å²) in [6.45, 7) is 4.11. The first kappa shape index (κ1) is 28.3. The average molecular weight is 464 g/mol. The predicted octanol–water partition coefficient (Wildman–Crippen LogP) is 8.70. The fourth-order valence-electron chi connectivity index (χ4n) is 4.58. The van der Waals surface area contributed by atoms with Gasteiger partial charge in [0.05, 0.1) is 12.6 Å². The highest BCUT2D eigenvalue weighted by molar-refractivity contribution is 5.18. The summed E-state index contributed by atoms with van der Waals surface area (Å²) in [5.74, 6) is 0. The van der Waals surface area contributed by atoms with Gasteiger partial charge in [0.15, 0.2) is 0 Å². The molecule has 0 aliphatic rings. The summed E-state index contributed by atoms with van der Waals surface area (Å²) in [5.41, 5.74) is 2.57. The van der Waals surface area contributed by atoms with Gasteiger partial charge in [-0.2, -0.15) is 0 Å². The molecule has 0 radical (unpaired) electrons. The maximum absolute atomic E-state index is 10.2. The van der Waals surface area contributed by atoms with Crippen molar-refractivity contribution in [3.8, 4) is 0 Å². The van der Waals surface area contributed by atoms with E-state index in [1.54, 1.807) is 0 Å². The number of unbranched alkanes of at least 4 members (excludes halogenated alkanes) is 12. The Morgan fingerprint density at radius 1 is 0.647 bits per heavy atom. The van der Waals surface area contributed by atoms with Crippen LogP contribution < -0.4 is 0 Å². The highest BCUT2D eigenvalue weighted by Crippen LogP contribution is 2.16. The molecule has 2 nitrogen and oxygen atoms in total. The summed E-state index contributed by atoms with van der Waals surface area (Å²) >= 11 is 0. The Hall–Kier alpha value is -1.90. The normalized spacial score (nSPS) is 12.6. The van der Waals surface area contributed by atoms with Crippen LogP contribution in [0.4, 0.5) is 0 Å². The fraction of sp³-hybridized carbons (Fsp3) is 0.562. The van der Waals surface area contributed by atoms with Crippen LogP contribution in [0.15, 0.2) is 72.8 Å². The predicted molar refractivity (Wildman–Crippen MR) is 148 cm³/mol. The summed E-state index contributed by atoms with van der Waals surface area (Å²) in [5, 5.41) is 10.2. The lowest BCUT2D eigenvalue weighted by atomic mass is 10.0. The Morgan fingerprint density at radius 3 is 1.53 bits per heavy atom. The molecule has 2 rings (SSSR count). The average Bonchev–Trinajstić information content (AvgIpc) is 2.87. The minimum absolute atomic E-state index is 0.0396. The molecule has 2 heteroatoms. The third-order valence-corrected chi connectivity index (χ3v) is 6.70. The van der Waals surface area contributed by atoms with Gasteiger partial charge in [-0.05, 0) is 24.0 Å². The van der Waals surface area contributed by atoms with Crippen LogP contribution in [0.5, 0.6) is 0 Å². The number of benzene rings is 2. The molecule has 0 saturated heterocycles. The fourth-order valence-corrected chi connectivity index (χ4v) is 4.58. The van der Waals surface area contributed by atoms with Crippen LogP contribution in [-0.2, 0) is 13.1 Å². The van der Waals surface area contributed by atoms with Gasteiger partial charge in [0, 0.05) is 13.1 Å². The topological polar surface area (TPSA) is 23.5 Å². The van der Waals surface area contributed by atoms with Gasteiger partial charge >= 0.3 is 0 Å². The molecule has 0 aliphatic heterocycles. The van der Waals surface area contributed by atoms with Crippen molar-refractivity contribution in [2.24, 2.45) is 0 Å². The second-order valence-corrected chi connectivity index (χ2v) is 9.73. The van der Waals surface area contributed by atoms with Crippen molar-refractivity contribution in [3.63, 3.8) is 0 Å². The maximum atomic E-state index is 10.2. The van der Waals surface area contributed by atoms with Crippen molar-refractivity contribution in [3.05, 3.63) is 83.9 Å². The molecule has 2 aromatic carbocycles. The number of hydrogen-bond donors (Lipinski definition) is 1. The molecule has 34 heavy (non-hydrogen) atoms. The summed E-state index contributed by atoms with van der Waals surface area (Å²) < 4.78 is 0. The zero-order valence-corrected chi connectivity index (χ0v) is 21.7. The van der Waals surface area contributed by atoms with E-state index in [9.17, 15) is 5.11 Å². The van der Waals surface area contributed by atoms with Crippen LogP contribution in [0.1, 0.15) is 102 Å². The summed E-state index contributed by atoms with van der Waals surface area (Å²) in [4.78, 5) is 2.38. The maximum Gasteiger partial charge on any atom is 0.0622 e. The zero-order chi connectivity index (χ0) is 24.1. The summed E-state index contributed by atoms with van der Waals surface area (Å²) in [7, 11) is 0. The number of nitrogens with zero attached hydrogens (tertiary/aromatic N) is 1. The molecule has 0 saturated carbocycles. The number of allylic oxidation sites excluding steroid dienone is 1. The van der Waals surface area contributed by atoms with Crippen molar-refractivity contribution in [1.29, 1.82) is 0 Å². The SMILES string of the molecule is CCCCCCCCCCCCCC/C=C\[C@@H](CO)N(Cc1ccccc1)Cc1ccccc1. The van der Waals surface area contributed by atoms with Crippen molar-refractivity contribution in [2.45, 2.75) is 110 Å². The molecule has 0 spiro atoms. The molecular formula is C32H49NO. The Labute approximate surface area is 210 Å². The quantitative estimate of drug-likeness (QED) is 0.157. The van der Waals surface area contributed by atoms with Gasteiger partial charge in [-0.1, -0.05) is 150 Å². The highest BCUT2D eigenvalue weighted by atomic mass is 16.3. The van der Waals surface area contributed by atoms with E-state index in [4.69, 9.17) is 0 Å². The van der Waals surface area contributed by atoms with Crippen molar-refractivity contribution >= 4 is 0 Å². The van der Waals surface area contributed by atoms with Gasteiger partial charge in [-0.25, -0.2) is 0 Å². The second-order valence-electron chi connectivity index (χ2n) is 9.73. The smallest absolute Gasteiger partial charge is 0.0622 e. The Morgan fingerprint density at radius 2 is 1.09 bits per heavy atom. The van der Waals surface area contributed by atoms with Crippen molar-refractivity contribution < 1.29 is 5.11 Å². The Kier molecular flexibility index (Phi) is 16.2. The van der Waals surface area contributed by atoms with E-state index in [0.717, 1.165) is 19.5 Å². The highest BCUT2D eigenvalue weighted by Gasteiger charge is 2.16. The first-order valence-corrected chi connectivity index (χ1v) is 13.9. The number of aliphatic hydroxyl groups excluding tert-OH is 1. The first-order chi connectivity index (χ1) is 16.8. The monoisotopic (exact) mass is 463 g/mol. The van der Waals surface area contributed by atoms with E-state index in [1.807, 2.05) is 0 Å². The third-order valence-electron chi connectivity index (χ3n) is 6.70. The van der Waals surface area contributed by atoms with Gasteiger partial charge in [0.25, 0.3) is 0 Å². The van der Waals surface area contributed by atoms with Crippen LogP contribution in [0.25, 0.3) is 0 Å². The van der Waals surface area contributed by atoms with Gasteiger partial charge in [0.2, 0.25) is 0 Å². The van der Waals surface area contributed by atoms with E-state index >= 15 is 0 Å². The van der Waals surface area contributed by atoms with Crippen LogP contribution in [-0.4, -0.2) is 22.7 Å². The van der Waals surface area contributed by atoms with Gasteiger partial charge in [-0.3, -0.25) is 4.90 Å². The Bertz CT molecular complexity index is 686. The minimum Gasteiger partial charge on any atom is -0.394 e. The van der Waals surface area contributed by atoms with E-state index in [-0.39, 0.29) is 12.6 Å². The molecule has 0 amide bonds. The largest absolute Gasteiger partial charge is 0.394 e. The lowest BCUT2D eigenvalue weighted by Crippen LogP contribution is -2.35. The summed E-state index contributed by atoms with van der Waals surface area (Å²) in [6, 6.07) is 21.2. The molecule has 1 N–H and O–H groups in total. The van der Waals surface area contributed by atoms with Crippen molar-refractivity contribution in [1.82, 2.24) is 4.90 Å². The second kappa shape index (κ2) is 19.4. The molecule has 0 unspecified atom stereocenters.